The molecular weight excluding hydrogens is 395 g/mol. The van der Waals surface area contributed by atoms with Crippen molar-refractivity contribution in [3.8, 4) is 5.75 Å². The lowest BCUT2D eigenvalue weighted by atomic mass is 10.2. The van der Waals surface area contributed by atoms with Crippen molar-refractivity contribution in [1.29, 1.82) is 0 Å². The number of carbonyl (C=O) groups excluding carboxylic acids is 1. The molecule has 1 aromatic rings. The third-order valence-corrected chi connectivity index (χ3v) is 3.58. The molecule has 122 valence electrons. The van der Waals surface area contributed by atoms with Crippen LogP contribution in [-0.4, -0.2) is 32.2 Å². The first-order chi connectivity index (χ1) is 10.7. The van der Waals surface area contributed by atoms with Gasteiger partial charge in [0.2, 0.25) is 0 Å². The van der Waals surface area contributed by atoms with E-state index in [0.29, 0.717) is 19.6 Å². The van der Waals surface area contributed by atoms with Crippen LogP contribution in [-0.2, 0) is 20.9 Å². The molecule has 0 heterocycles. The van der Waals surface area contributed by atoms with Crippen LogP contribution >= 0.6 is 22.6 Å². The van der Waals surface area contributed by atoms with Crippen molar-refractivity contribution in [2.24, 2.45) is 0 Å². The molecule has 1 rings (SSSR count). The third kappa shape index (κ3) is 7.38. The smallest absolute Gasteiger partial charge is 0.148 e. The van der Waals surface area contributed by atoms with Crippen LogP contribution in [0.1, 0.15) is 25.3 Å². The predicted octanol–water partition coefficient (Wildman–Crippen LogP) is 3.91. The van der Waals surface area contributed by atoms with E-state index in [4.69, 9.17) is 14.2 Å². The average molecular weight is 418 g/mol. The Morgan fingerprint density at radius 2 is 1.95 bits per heavy atom. The molecule has 0 radical (unpaired) electrons. The number of carbonyl (C=O) groups is 1. The molecule has 5 heteroatoms. The fraction of sp³-hybridized carbons (Fsp3) is 0.471. The van der Waals surface area contributed by atoms with Crippen molar-refractivity contribution < 1.29 is 19.0 Å². The van der Waals surface area contributed by atoms with Gasteiger partial charge >= 0.3 is 0 Å². The lowest BCUT2D eigenvalue weighted by Crippen LogP contribution is -2.23. The monoisotopic (exact) mass is 418 g/mol. The summed E-state index contributed by atoms with van der Waals surface area (Å²) in [6.45, 7) is 3.03. The number of halogens is 1. The fourth-order valence-corrected chi connectivity index (χ4v) is 2.33. The van der Waals surface area contributed by atoms with E-state index >= 15 is 0 Å². The van der Waals surface area contributed by atoms with Gasteiger partial charge in [-0.15, -0.1) is 0 Å². The van der Waals surface area contributed by atoms with Crippen LogP contribution in [0.3, 0.4) is 0 Å². The van der Waals surface area contributed by atoms with Crippen molar-refractivity contribution in [1.82, 2.24) is 0 Å². The van der Waals surface area contributed by atoms with Gasteiger partial charge < -0.3 is 19.0 Å². The second-order valence-electron chi connectivity index (χ2n) is 4.77. The Hall–Kier alpha value is -0.920. The zero-order valence-electron chi connectivity index (χ0n) is 13.0. The lowest BCUT2D eigenvalue weighted by molar-refractivity contribution is -0.121. The Kier molecular flexibility index (Phi) is 10.1. The van der Waals surface area contributed by atoms with Gasteiger partial charge in [0.1, 0.15) is 18.1 Å². The van der Waals surface area contributed by atoms with Crippen LogP contribution in [0, 0.1) is 0 Å². The van der Waals surface area contributed by atoms with Crippen molar-refractivity contribution >= 4 is 28.9 Å². The molecule has 0 aromatic heterocycles. The number of hydrogen-bond acceptors (Lipinski definition) is 4. The van der Waals surface area contributed by atoms with E-state index in [2.05, 4.69) is 22.6 Å². The first-order valence-electron chi connectivity index (χ1n) is 7.31. The Balaban J connectivity index is 2.29. The van der Waals surface area contributed by atoms with E-state index < -0.39 is 6.10 Å². The highest BCUT2D eigenvalue weighted by atomic mass is 127. The van der Waals surface area contributed by atoms with Gasteiger partial charge in [0.25, 0.3) is 0 Å². The SMILES string of the molecule is CC[C@@H](/C=C\I)O[C@H](C=O)CCOCc1ccc(OC)cc1. The molecule has 0 unspecified atom stereocenters. The second kappa shape index (κ2) is 11.6. The third-order valence-electron chi connectivity index (χ3n) is 3.17. The van der Waals surface area contributed by atoms with Gasteiger partial charge in [0.05, 0.1) is 19.8 Å². The first-order valence-corrected chi connectivity index (χ1v) is 8.56. The van der Waals surface area contributed by atoms with E-state index in [-0.39, 0.29) is 6.10 Å². The topological polar surface area (TPSA) is 44.8 Å². The molecule has 0 fully saturated rings. The molecule has 0 aliphatic carbocycles. The summed E-state index contributed by atoms with van der Waals surface area (Å²) in [4.78, 5) is 11.1. The molecule has 22 heavy (non-hydrogen) atoms. The molecule has 4 nitrogen and oxygen atoms in total. The zero-order valence-corrected chi connectivity index (χ0v) is 15.2. The van der Waals surface area contributed by atoms with Crippen molar-refractivity contribution in [3.63, 3.8) is 0 Å². The Morgan fingerprint density at radius 1 is 1.23 bits per heavy atom. The summed E-state index contributed by atoms with van der Waals surface area (Å²) in [6.07, 6.45) is 3.76. The number of benzene rings is 1. The largest absolute Gasteiger partial charge is 0.497 e. The van der Waals surface area contributed by atoms with E-state index in [0.717, 1.165) is 24.0 Å². The predicted molar refractivity (Wildman–Crippen MR) is 95.4 cm³/mol. The maximum absolute atomic E-state index is 11.1. The highest BCUT2D eigenvalue weighted by Crippen LogP contribution is 2.12. The van der Waals surface area contributed by atoms with Gasteiger partial charge in [-0.25, -0.2) is 0 Å². The van der Waals surface area contributed by atoms with E-state index in [1.807, 2.05) is 41.3 Å². The molecule has 0 aliphatic heterocycles. The number of hydrogen-bond donors (Lipinski definition) is 0. The molecule has 2 atom stereocenters. The minimum Gasteiger partial charge on any atom is -0.497 e. The second-order valence-corrected chi connectivity index (χ2v) is 5.48. The maximum Gasteiger partial charge on any atom is 0.148 e. The van der Waals surface area contributed by atoms with Gasteiger partial charge in [-0.3, -0.25) is 0 Å². The van der Waals surface area contributed by atoms with Crippen molar-refractivity contribution in [2.75, 3.05) is 13.7 Å². The normalized spacial score (nSPS) is 14.0. The summed E-state index contributed by atoms with van der Waals surface area (Å²) < 4.78 is 18.3. The lowest BCUT2D eigenvalue weighted by Gasteiger charge is -2.17. The number of aldehydes is 1. The maximum atomic E-state index is 11.1. The van der Waals surface area contributed by atoms with E-state index in [1.165, 1.54) is 0 Å². The summed E-state index contributed by atoms with van der Waals surface area (Å²) in [7, 11) is 1.64. The molecule has 0 saturated heterocycles. The number of ether oxygens (including phenoxy) is 3. The fourth-order valence-electron chi connectivity index (χ4n) is 1.86. The van der Waals surface area contributed by atoms with E-state index in [1.54, 1.807) is 7.11 Å². The van der Waals surface area contributed by atoms with Gasteiger partial charge in [0, 0.05) is 13.0 Å². The van der Waals surface area contributed by atoms with Gasteiger partial charge in [0.15, 0.2) is 0 Å². The van der Waals surface area contributed by atoms with Crippen LogP contribution < -0.4 is 4.74 Å². The highest BCUT2D eigenvalue weighted by molar-refractivity contribution is 14.1. The molecular formula is C17H23IO4. The molecule has 0 amide bonds. The summed E-state index contributed by atoms with van der Waals surface area (Å²) in [5.74, 6) is 0.826. The molecule has 0 bridgehead atoms. The summed E-state index contributed by atoms with van der Waals surface area (Å²) in [6, 6.07) is 7.73. The van der Waals surface area contributed by atoms with Crippen LogP contribution in [0.5, 0.6) is 5.75 Å². The Morgan fingerprint density at radius 3 is 2.50 bits per heavy atom. The average Bonchev–Trinajstić information content (AvgIpc) is 2.57. The summed E-state index contributed by atoms with van der Waals surface area (Å²) >= 11 is 2.15. The van der Waals surface area contributed by atoms with Crippen LogP contribution in [0.4, 0.5) is 0 Å². The Bertz CT molecular complexity index is 444. The van der Waals surface area contributed by atoms with Crippen molar-refractivity contribution in [2.45, 2.75) is 38.6 Å². The summed E-state index contributed by atoms with van der Waals surface area (Å²) in [5.41, 5.74) is 1.07. The quantitative estimate of drug-likeness (QED) is 0.311. The molecule has 0 spiro atoms. The standard InChI is InChI=1S/C17H23IO4/c1-3-15(8-10-18)22-17(12-19)9-11-21-13-14-4-6-16(20-2)7-5-14/h4-8,10,12,15,17H,3,9,11,13H2,1-2H3/b10-8-/t15-,17-/m0/s1. The highest BCUT2D eigenvalue weighted by Gasteiger charge is 2.12. The number of rotatable bonds is 11. The zero-order chi connectivity index (χ0) is 16.2. The molecule has 1 aromatic carbocycles. The minimum atomic E-state index is -0.423. The van der Waals surface area contributed by atoms with Crippen molar-refractivity contribution in [3.05, 3.63) is 40.0 Å². The molecule has 0 saturated carbocycles. The van der Waals surface area contributed by atoms with E-state index in [9.17, 15) is 4.79 Å². The number of methoxy groups -OCH3 is 1. The minimum absolute atomic E-state index is 0.0197. The first kappa shape index (κ1) is 19.1. The van der Waals surface area contributed by atoms with Gasteiger partial charge in [-0.2, -0.15) is 0 Å². The van der Waals surface area contributed by atoms with Gasteiger partial charge in [-0.05, 0) is 34.3 Å². The van der Waals surface area contributed by atoms with Crippen LogP contribution in [0.15, 0.2) is 34.4 Å². The molecule has 0 N–H and O–H groups in total. The van der Waals surface area contributed by atoms with Gasteiger partial charge in [-0.1, -0.05) is 41.6 Å². The van der Waals surface area contributed by atoms with Crippen LogP contribution in [0.2, 0.25) is 0 Å². The summed E-state index contributed by atoms with van der Waals surface area (Å²) in [5, 5.41) is 0. The van der Waals surface area contributed by atoms with Crippen LogP contribution in [0.25, 0.3) is 0 Å². The molecule has 0 aliphatic rings. The Labute approximate surface area is 146 Å².